The van der Waals surface area contributed by atoms with Gasteiger partial charge in [-0.05, 0) is 25.5 Å². The van der Waals surface area contributed by atoms with Crippen LogP contribution < -0.4 is 4.90 Å². The number of rotatable bonds is 3. The summed E-state index contributed by atoms with van der Waals surface area (Å²) in [4.78, 5) is 22.4. The van der Waals surface area contributed by atoms with Crippen LogP contribution in [-0.2, 0) is 4.79 Å². The van der Waals surface area contributed by atoms with E-state index in [1.54, 1.807) is 6.92 Å². The summed E-state index contributed by atoms with van der Waals surface area (Å²) in [6, 6.07) is 5.25. The molecule has 11 heteroatoms. The molecule has 142 valence electrons. The molecule has 0 N–H and O–H groups in total. The fourth-order valence-electron chi connectivity index (χ4n) is 3.10. The van der Waals surface area contributed by atoms with Crippen molar-refractivity contribution in [2.24, 2.45) is 0 Å². The van der Waals surface area contributed by atoms with Gasteiger partial charge in [-0.1, -0.05) is 23.9 Å². The lowest BCUT2D eigenvalue weighted by Crippen LogP contribution is -2.49. The summed E-state index contributed by atoms with van der Waals surface area (Å²) >= 11 is 2.75. The van der Waals surface area contributed by atoms with Crippen molar-refractivity contribution in [1.82, 2.24) is 19.7 Å². The van der Waals surface area contributed by atoms with Gasteiger partial charge in [0.2, 0.25) is 11.9 Å². The lowest BCUT2D eigenvalue weighted by atomic mass is 10.0. The van der Waals surface area contributed by atoms with Crippen molar-refractivity contribution in [1.29, 1.82) is 0 Å². The quantitative estimate of drug-likeness (QED) is 0.609. The number of alkyl halides is 3. The maximum Gasteiger partial charge on any atom is 0.411 e. The first-order valence-electron chi connectivity index (χ1n) is 8.11. The number of benzene rings is 1. The first-order valence-corrected chi connectivity index (χ1v) is 9.91. The first-order chi connectivity index (χ1) is 12.8. The van der Waals surface area contributed by atoms with Gasteiger partial charge in [-0.2, -0.15) is 23.3 Å². The molecule has 3 heterocycles. The fourth-order valence-corrected chi connectivity index (χ4v) is 5.02. The van der Waals surface area contributed by atoms with Gasteiger partial charge in [-0.3, -0.25) is 9.69 Å². The molecule has 0 spiro atoms. The maximum atomic E-state index is 13.3. The van der Waals surface area contributed by atoms with Gasteiger partial charge in [0, 0.05) is 6.04 Å². The molecule has 1 aliphatic heterocycles. The van der Waals surface area contributed by atoms with E-state index in [1.807, 2.05) is 24.3 Å². The summed E-state index contributed by atoms with van der Waals surface area (Å²) in [5.74, 6) is -0.319. The summed E-state index contributed by atoms with van der Waals surface area (Å²) in [5, 5.41) is 3.69. The van der Waals surface area contributed by atoms with Crippen LogP contribution in [0.25, 0.3) is 10.2 Å². The Bertz CT molecular complexity index is 953. The van der Waals surface area contributed by atoms with Crippen molar-refractivity contribution >= 4 is 45.2 Å². The highest BCUT2D eigenvalue weighted by atomic mass is 32.2. The van der Waals surface area contributed by atoms with Crippen LogP contribution in [0.1, 0.15) is 19.4 Å². The van der Waals surface area contributed by atoms with Crippen LogP contribution in [0.2, 0.25) is 0 Å². The number of anilines is 1. The highest BCUT2D eigenvalue weighted by molar-refractivity contribution is 8.01. The Labute approximate surface area is 160 Å². The predicted octanol–water partition coefficient (Wildman–Crippen LogP) is 3.91. The maximum absolute atomic E-state index is 13.3. The van der Waals surface area contributed by atoms with Crippen LogP contribution in [0.5, 0.6) is 0 Å². The number of hydrogen-bond acceptors (Lipinski definition) is 6. The van der Waals surface area contributed by atoms with Crippen LogP contribution in [0.3, 0.4) is 0 Å². The van der Waals surface area contributed by atoms with E-state index in [-0.39, 0.29) is 24.0 Å². The van der Waals surface area contributed by atoms with Gasteiger partial charge >= 0.3 is 6.18 Å². The lowest BCUT2D eigenvalue weighted by Gasteiger charge is -2.37. The van der Waals surface area contributed by atoms with Crippen molar-refractivity contribution in [3.63, 3.8) is 0 Å². The van der Waals surface area contributed by atoms with Crippen molar-refractivity contribution in [2.75, 3.05) is 10.7 Å². The number of fused-ring (bicyclic) bond motifs is 2. The average molecular weight is 413 g/mol. The average Bonchev–Trinajstić information content (AvgIpc) is 3.24. The number of carbonyl (C=O) groups excluding carboxylic acids is 1. The first kappa shape index (κ1) is 18.2. The van der Waals surface area contributed by atoms with Gasteiger partial charge < -0.3 is 0 Å². The molecule has 0 aliphatic carbocycles. The molecule has 0 unspecified atom stereocenters. The summed E-state index contributed by atoms with van der Waals surface area (Å²) in [7, 11) is 0. The molecule has 1 aliphatic rings. The molecular weight excluding hydrogens is 399 g/mol. The minimum absolute atomic E-state index is 0.0632. The molecular formula is C16H14F3N5OS2. The minimum Gasteiger partial charge on any atom is -0.277 e. The number of nitrogens with zero attached hydrogens (tertiary/aromatic N) is 5. The molecule has 4 rings (SSSR count). The fraction of sp³-hybridized carbons (Fsp3) is 0.375. The van der Waals surface area contributed by atoms with Gasteiger partial charge in [0.25, 0.3) is 0 Å². The van der Waals surface area contributed by atoms with Crippen LogP contribution >= 0.6 is 23.1 Å². The van der Waals surface area contributed by atoms with Gasteiger partial charge in [-0.25, -0.2) is 9.67 Å². The van der Waals surface area contributed by atoms with Crippen LogP contribution in [0.15, 0.2) is 34.9 Å². The second-order valence-electron chi connectivity index (χ2n) is 6.15. The Morgan fingerprint density at radius 1 is 1.37 bits per heavy atom. The normalized spacial score (nSPS) is 20.1. The molecule has 2 atom stereocenters. The number of hydrogen-bond donors (Lipinski definition) is 0. The van der Waals surface area contributed by atoms with Gasteiger partial charge in [0.05, 0.1) is 16.0 Å². The second kappa shape index (κ2) is 6.79. The van der Waals surface area contributed by atoms with E-state index in [1.165, 1.54) is 28.0 Å². The molecule has 3 aromatic rings. The van der Waals surface area contributed by atoms with Crippen LogP contribution in [0, 0.1) is 0 Å². The summed E-state index contributed by atoms with van der Waals surface area (Å²) in [6.07, 6.45) is -3.65. The SMILES string of the molecule is C[C@@H]1C[C@H](C(F)(F)F)n2ncnc2N1C(=O)CSc1nc2ccccc2s1. The molecule has 0 bridgehead atoms. The van der Waals surface area contributed by atoms with E-state index >= 15 is 0 Å². The van der Waals surface area contributed by atoms with E-state index in [2.05, 4.69) is 15.1 Å². The van der Waals surface area contributed by atoms with Gasteiger partial charge in [0.1, 0.15) is 6.33 Å². The Hall–Kier alpha value is -2.14. The smallest absolute Gasteiger partial charge is 0.277 e. The molecule has 0 fully saturated rings. The van der Waals surface area contributed by atoms with E-state index < -0.39 is 18.3 Å². The Balaban J connectivity index is 1.53. The number of halogens is 3. The number of thioether (sulfide) groups is 1. The van der Waals surface area contributed by atoms with E-state index in [9.17, 15) is 18.0 Å². The summed E-state index contributed by atoms with van der Waals surface area (Å²) < 4.78 is 42.4. The van der Waals surface area contributed by atoms with Crippen LogP contribution in [-0.4, -0.2) is 43.6 Å². The highest BCUT2D eigenvalue weighted by Crippen LogP contribution is 2.40. The number of thiazole rings is 1. The third-order valence-corrected chi connectivity index (χ3v) is 6.47. The summed E-state index contributed by atoms with van der Waals surface area (Å²) in [6.45, 7) is 1.59. The predicted molar refractivity (Wildman–Crippen MR) is 97.0 cm³/mol. The third kappa shape index (κ3) is 3.41. The monoisotopic (exact) mass is 413 g/mol. The topological polar surface area (TPSA) is 63.9 Å². The second-order valence-corrected chi connectivity index (χ2v) is 8.40. The molecule has 0 saturated heterocycles. The minimum atomic E-state index is -4.44. The van der Waals surface area contributed by atoms with Crippen molar-refractivity contribution in [3.8, 4) is 0 Å². The van der Waals surface area contributed by atoms with E-state index in [4.69, 9.17) is 0 Å². The molecule has 6 nitrogen and oxygen atoms in total. The molecule has 1 amide bonds. The molecule has 0 saturated carbocycles. The number of carbonyl (C=O) groups is 1. The van der Waals surface area contributed by atoms with Gasteiger partial charge in [0.15, 0.2) is 10.4 Å². The van der Waals surface area contributed by atoms with Crippen molar-refractivity contribution < 1.29 is 18.0 Å². The zero-order valence-corrected chi connectivity index (χ0v) is 15.7. The summed E-state index contributed by atoms with van der Waals surface area (Å²) in [5.41, 5.74) is 0.858. The number of amides is 1. The standard InChI is InChI=1S/C16H14F3N5OS2/c1-9-6-12(16(17,18)19)24-14(20-8-21-24)23(9)13(25)7-26-15-22-10-4-2-3-5-11(10)27-15/h2-5,8-9,12H,6-7H2,1H3/t9-,12-/m1/s1. The number of para-hydroxylation sites is 1. The third-order valence-electron chi connectivity index (χ3n) is 4.31. The Morgan fingerprint density at radius 3 is 2.89 bits per heavy atom. The molecule has 0 radical (unpaired) electrons. The lowest BCUT2D eigenvalue weighted by molar-refractivity contribution is -0.174. The highest BCUT2D eigenvalue weighted by Gasteiger charge is 2.48. The van der Waals surface area contributed by atoms with Gasteiger partial charge in [-0.15, -0.1) is 11.3 Å². The van der Waals surface area contributed by atoms with Crippen molar-refractivity contribution in [2.45, 2.75) is 35.9 Å². The largest absolute Gasteiger partial charge is 0.411 e. The Kier molecular flexibility index (Phi) is 4.58. The van der Waals surface area contributed by atoms with E-state index in [0.717, 1.165) is 25.6 Å². The number of aromatic nitrogens is 4. The van der Waals surface area contributed by atoms with Crippen LogP contribution in [0.4, 0.5) is 19.1 Å². The molecule has 27 heavy (non-hydrogen) atoms. The Morgan fingerprint density at radius 2 is 2.15 bits per heavy atom. The zero-order valence-electron chi connectivity index (χ0n) is 14.1. The zero-order chi connectivity index (χ0) is 19.2. The van der Waals surface area contributed by atoms with E-state index in [0.29, 0.717) is 0 Å². The molecule has 1 aromatic carbocycles. The molecule has 2 aromatic heterocycles. The van der Waals surface area contributed by atoms with Crippen molar-refractivity contribution in [3.05, 3.63) is 30.6 Å².